The standard InChI is InChI=1S/C28H33N3O3/c1-20-15-25(21(2)34-20)28(32)31-13-14-33-27-10-9-22(16-24(27)18-31)17-30-12-11-29(3)19-26(30)23-7-5-4-6-8-23/h4-10,15-16,26H,11-14,17-19H2,1-3H3/t26-/m1/s1. The number of carbonyl (C=O) groups is 1. The molecule has 178 valence electrons. The summed E-state index contributed by atoms with van der Waals surface area (Å²) in [5.74, 6) is 2.30. The number of hydrogen-bond acceptors (Lipinski definition) is 5. The first-order valence-corrected chi connectivity index (χ1v) is 12.1. The lowest BCUT2D eigenvalue weighted by Gasteiger charge is -2.40. The molecule has 0 unspecified atom stereocenters. The van der Waals surface area contributed by atoms with Crippen molar-refractivity contribution in [3.63, 3.8) is 0 Å². The van der Waals surface area contributed by atoms with Gasteiger partial charge in [-0.25, -0.2) is 0 Å². The lowest BCUT2D eigenvalue weighted by atomic mass is 10.0. The molecule has 0 saturated carbocycles. The fourth-order valence-corrected chi connectivity index (χ4v) is 5.10. The molecule has 0 bridgehead atoms. The monoisotopic (exact) mass is 459 g/mol. The van der Waals surface area contributed by atoms with Gasteiger partial charge in [0.1, 0.15) is 23.9 Å². The van der Waals surface area contributed by atoms with Crippen LogP contribution in [0.2, 0.25) is 0 Å². The Balaban J connectivity index is 1.36. The molecule has 0 aliphatic carbocycles. The van der Waals surface area contributed by atoms with Crippen molar-refractivity contribution < 1.29 is 13.9 Å². The number of aryl methyl sites for hydroxylation is 2. The Bertz CT molecular complexity index is 1160. The molecule has 34 heavy (non-hydrogen) atoms. The third-order valence-electron chi connectivity index (χ3n) is 6.93. The number of carbonyl (C=O) groups excluding carboxylic acids is 1. The number of amides is 1. The molecule has 1 fully saturated rings. The summed E-state index contributed by atoms with van der Waals surface area (Å²) in [6.45, 7) is 9.27. The number of benzene rings is 2. The van der Waals surface area contributed by atoms with Gasteiger partial charge in [0.15, 0.2) is 0 Å². The SMILES string of the molecule is Cc1cc(C(=O)N2CCOc3ccc(CN4CCN(C)C[C@@H]4c4ccccc4)cc3C2)c(C)o1. The highest BCUT2D eigenvalue weighted by Crippen LogP contribution is 2.30. The molecule has 2 aliphatic rings. The third kappa shape index (κ3) is 4.74. The molecule has 5 rings (SSSR count). The number of fused-ring (bicyclic) bond motifs is 1. The summed E-state index contributed by atoms with van der Waals surface area (Å²) in [7, 11) is 2.20. The molecule has 0 N–H and O–H groups in total. The van der Waals surface area contributed by atoms with Crippen LogP contribution in [0.5, 0.6) is 5.75 Å². The zero-order valence-electron chi connectivity index (χ0n) is 20.3. The Morgan fingerprint density at radius 1 is 1.03 bits per heavy atom. The van der Waals surface area contributed by atoms with Crippen LogP contribution < -0.4 is 4.74 Å². The molecule has 6 nitrogen and oxygen atoms in total. The van der Waals surface area contributed by atoms with E-state index in [0.29, 0.717) is 37.1 Å². The van der Waals surface area contributed by atoms with E-state index in [1.807, 2.05) is 24.8 Å². The summed E-state index contributed by atoms with van der Waals surface area (Å²) in [4.78, 5) is 20.1. The fraction of sp³-hybridized carbons (Fsp3) is 0.393. The van der Waals surface area contributed by atoms with Crippen LogP contribution in [-0.2, 0) is 13.1 Å². The normalized spacial score (nSPS) is 19.4. The van der Waals surface area contributed by atoms with Crippen molar-refractivity contribution in [1.29, 1.82) is 0 Å². The molecule has 1 atom stereocenters. The average Bonchev–Trinajstić information content (AvgIpc) is 3.04. The highest BCUT2D eigenvalue weighted by Gasteiger charge is 2.28. The zero-order chi connectivity index (χ0) is 23.7. The van der Waals surface area contributed by atoms with E-state index in [9.17, 15) is 4.79 Å². The summed E-state index contributed by atoms with van der Waals surface area (Å²) < 4.78 is 11.6. The third-order valence-corrected chi connectivity index (χ3v) is 6.93. The summed E-state index contributed by atoms with van der Waals surface area (Å²) in [5, 5.41) is 0. The van der Waals surface area contributed by atoms with E-state index < -0.39 is 0 Å². The van der Waals surface area contributed by atoms with E-state index in [2.05, 4.69) is 65.4 Å². The molecule has 6 heteroatoms. The van der Waals surface area contributed by atoms with Gasteiger partial charge in [-0.15, -0.1) is 0 Å². The van der Waals surface area contributed by atoms with E-state index in [1.165, 1.54) is 11.1 Å². The number of rotatable bonds is 4. The van der Waals surface area contributed by atoms with E-state index >= 15 is 0 Å². The van der Waals surface area contributed by atoms with Crippen LogP contribution in [0.3, 0.4) is 0 Å². The Labute approximate surface area is 201 Å². The van der Waals surface area contributed by atoms with Gasteiger partial charge >= 0.3 is 0 Å². The summed E-state index contributed by atoms with van der Waals surface area (Å²) >= 11 is 0. The largest absolute Gasteiger partial charge is 0.491 e. The van der Waals surface area contributed by atoms with Gasteiger partial charge in [0.25, 0.3) is 5.91 Å². The second-order valence-electron chi connectivity index (χ2n) is 9.50. The van der Waals surface area contributed by atoms with Gasteiger partial charge in [-0.1, -0.05) is 36.4 Å². The predicted molar refractivity (Wildman–Crippen MR) is 132 cm³/mol. The molecular formula is C28H33N3O3. The molecule has 1 amide bonds. The molecule has 2 aromatic carbocycles. The topological polar surface area (TPSA) is 49.2 Å². The van der Waals surface area contributed by atoms with Crippen molar-refractivity contribution in [2.24, 2.45) is 0 Å². The Hall–Kier alpha value is -3.09. The van der Waals surface area contributed by atoms with E-state index in [0.717, 1.165) is 43.3 Å². The quantitative estimate of drug-likeness (QED) is 0.578. The predicted octanol–water partition coefficient (Wildman–Crippen LogP) is 4.42. The molecule has 3 heterocycles. The number of ether oxygens (including phenoxy) is 1. The Morgan fingerprint density at radius 3 is 2.62 bits per heavy atom. The summed E-state index contributed by atoms with van der Waals surface area (Å²) in [5.41, 5.74) is 4.30. The van der Waals surface area contributed by atoms with Crippen LogP contribution in [-0.4, -0.2) is 60.4 Å². The van der Waals surface area contributed by atoms with Crippen LogP contribution in [0.4, 0.5) is 0 Å². The van der Waals surface area contributed by atoms with Crippen molar-refractivity contribution >= 4 is 5.91 Å². The summed E-state index contributed by atoms with van der Waals surface area (Å²) in [6, 6.07) is 19.4. The maximum atomic E-state index is 13.2. The molecule has 1 aromatic heterocycles. The van der Waals surface area contributed by atoms with Crippen LogP contribution in [0, 0.1) is 13.8 Å². The minimum absolute atomic E-state index is 0.000544. The van der Waals surface area contributed by atoms with Crippen LogP contribution in [0.1, 0.15) is 44.6 Å². The van der Waals surface area contributed by atoms with Crippen molar-refractivity contribution in [1.82, 2.24) is 14.7 Å². The second-order valence-corrected chi connectivity index (χ2v) is 9.50. The smallest absolute Gasteiger partial charge is 0.257 e. The first kappa shape index (κ1) is 22.7. The number of nitrogens with zero attached hydrogens (tertiary/aromatic N) is 3. The number of piperazine rings is 1. The highest BCUT2D eigenvalue weighted by molar-refractivity contribution is 5.95. The van der Waals surface area contributed by atoms with Crippen molar-refractivity contribution in [3.8, 4) is 5.75 Å². The lowest BCUT2D eigenvalue weighted by Crippen LogP contribution is -2.46. The Morgan fingerprint density at radius 2 is 1.85 bits per heavy atom. The minimum atomic E-state index is -0.000544. The number of hydrogen-bond donors (Lipinski definition) is 0. The minimum Gasteiger partial charge on any atom is -0.491 e. The van der Waals surface area contributed by atoms with Gasteiger partial charge in [-0.3, -0.25) is 9.69 Å². The second kappa shape index (κ2) is 9.65. The van der Waals surface area contributed by atoms with Crippen LogP contribution in [0.25, 0.3) is 0 Å². The van der Waals surface area contributed by atoms with Gasteiger partial charge in [0.05, 0.1) is 12.1 Å². The van der Waals surface area contributed by atoms with Gasteiger partial charge < -0.3 is 19.0 Å². The van der Waals surface area contributed by atoms with Crippen molar-refractivity contribution in [2.75, 3.05) is 39.8 Å². The first-order valence-electron chi connectivity index (χ1n) is 12.1. The fourth-order valence-electron chi connectivity index (χ4n) is 5.10. The maximum absolute atomic E-state index is 13.2. The van der Waals surface area contributed by atoms with Gasteiger partial charge in [-0.2, -0.15) is 0 Å². The molecule has 0 spiro atoms. The zero-order valence-corrected chi connectivity index (χ0v) is 20.3. The van der Waals surface area contributed by atoms with Crippen molar-refractivity contribution in [2.45, 2.75) is 33.0 Å². The first-order chi connectivity index (χ1) is 16.5. The summed E-state index contributed by atoms with van der Waals surface area (Å²) in [6.07, 6.45) is 0. The number of furan rings is 1. The van der Waals surface area contributed by atoms with Gasteiger partial charge in [0.2, 0.25) is 0 Å². The van der Waals surface area contributed by atoms with E-state index in [4.69, 9.17) is 9.15 Å². The lowest BCUT2D eigenvalue weighted by molar-refractivity contribution is 0.0731. The maximum Gasteiger partial charge on any atom is 0.257 e. The molecule has 0 radical (unpaired) electrons. The number of likely N-dealkylation sites (N-methyl/N-ethyl adjacent to an activating group) is 1. The average molecular weight is 460 g/mol. The van der Waals surface area contributed by atoms with Gasteiger partial charge in [0, 0.05) is 44.3 Å². The van der Waals surface area contributed by atoms with E-state index in [1.54, 1.807) is 0 Å². The molecule has 1 saturated heterocycles. The Kier molecular flexibility index (Phi) is 6.44. The molecular weight excluding hydrogens is 426 g/mol. The molecule has 2 aliphatic heterocycles. The van der Waals surface area contributed by atoms with Gasteiger partial charge in [-0.05, 0) is 50.2 Å². The van der Waals surface area contributed by atoms with Crippen LogP contribution >= 0.6 is 0 Å². The highest BCUT2D eigenvalue weighted by atomic mass is 16.5. The van der Waals surface area contributed by atoms with Crippen LogP contribution in [0.15, 0.2) is 59.0 Å². The van der Waals surface area contributed by atoms with Crippen molar-refractivity contribution in [3.05, 3.63) is 88.4 Å². The molecule has 3 aromatic rings. The van der Waals surface area contributed by atoms with E-state index in [-0.39, 0.29) is 5.91 Å².